The maximum absolute atomic E-state index is 10.3. The SMILES string of the molecule is O=C(O)C1CC=ICC1. The van der Waals surface area contributed by atoms with E-state index in [1.54, 1.807) is 0 Å². The highest BCUT2D eigenvalue weighted by Gasteiger charge is 2.16. The van der Waals surface area contributed by atoms with E-state index >= 15 is 0 Å². The van der Waals surface area contributed by atoms with E-state index < -0.39 is 5.97 Å². The van der Waals surface area contributed by atoms with Gasteiger partial charge in [-0.1, -0.05) is 4.01 Å². The van der Waals surface area contributed by atoms with E-state index in [9.17, 15) is 4.79 Å². The predicted molar refractivity (Wildman–Crippen MR) is 45.3 cm³/mol. The van der Waals surface area contributed by atoms with Crippen LogP contribution in [0.1, 0.15) is 12.8 Å². The number of carbonyl (C=O) groups is 1. The van der Waals surface area contributed by atoms with E-state index in [-0.39, 0.29) is 26.6 Å². The third kappa shape index (κ3) is 2.04. The molecule has 0 aromatic carbocycles. The molecular formula is C6H9IO2. The molecule has 1 N–H and O–H groups in total. The molecule has 0 radical (unpaired) electrons. The molecule has 0 aromatic heterocycles. The van der Waals surface area contributed by atoms with Crippen LogP contribution in [0.3, 0.4) is 0 Å². The number of hydrogen-bond donors (Lipinski definition) is 1. The zero-order valence-corrected chi connectivity index (χ0v) is 7.17. The van der Waals surface area contributed by atoms with Crippen molar-refractivity contribution in [2.45, 2.75) is 12.8 Å². The molecule has 1 atom stereocenters. The summed E-state index contributed by atoms with van der Waals surface area (Å²) in [6, 6.07) is 0. The third-order valence-electron chi connectivity index (χ3n) is 1.40. The van der Waals surface area contributed by atoms with Gasteiger partial charge in [0.05, 0.1) is 5.92 Å². The lowest BCUT2D eigenvalue weighted by Gasteiger charge is -2.10. The predicted octanol–water partition coefficient (Wildman–Crippen LogP) is 1.25. The first kappa shape index (κ1) is 7.18. The summed E-state index contributed by atoms with van der Waals surface area (Å²) < 4.78 is 3.34. The highest BCUT2D eigenvalue weighted by atomic mass is 127. The molecule has 1 aliphatic heterocycles. The van der Waals surface area contributed by atoms with Crippen LogP contribution in [-0.2, 0) is 4.79 Å². The number of alkyl halides is 1. The van der Waals surface area contributed by atoms with Crippen LogP contribution in [0.25, 0.3) is 0 Å². The Kier molecular flexibility index (Phi) is 2.63. The fraction of sp³-hybridized carbons (Fsp3) is 0.667. The van der Waals surface area contributed by atoms with Gasteiger partial charge in [0, 0.05) is 0 Å². The molecule has 52 valence electrons. The van der Waals surface area contributed by atoms with Crippen molar-refractivity contribution in [3.8, 4) is 0 Å². The van der Waals surface area contributed by atoms with Crippen LogP contribution in [0.15, 0.2) is 0 Å². The molecule has 0 amide bonds. The largest absolute Gasteiger partial charge is 0.481 e. The minimum atomic E-state index is -0.616. The number of carboxylic acids is 1. The van der Waals surface area contributed by atoms with Crippen molar-refractivity contribution in [2.24, 2.45) is 5.92 Å². The van der Waals surface area contributed by atoms with Crippen LogP contribution in [0.4, 0.5) is 0 Å². The molecule has 2 nitrogen and oxygen atoms in total. The summed E-state index contributed by atoms with van der Waals surface area (Å²) in [5, 5.41) is 8.53. The van der Waals surface area contributed by atoms with Crippen LogP contribution in [0.2, 0.25) is 0 Å². The number of halogens is 1. The number of hydrogen-bond acceptors (Lipinski definition) is 1. The molecule has 0 aliphatic carbocycles. The van der Waals surface area contributed by atoms with E-state index in [0.29, 0.717) is 0 Å². The fourth-order valence-electron chi connectivity index (χ4n) is 0.785. The van der Waals surface area contributed by atoms with E-state index in [4.69, 9.17) is 5.11 Å². The molecule has 1 heterocycles. The average Bonchev–Trinajstić information content (AvgIpc) is 1.90. The van der Waals surface area contributed by atoms with Crippen molar-refractivity contribution in [1.82, 2.24) is 0 Å². The quantitative estimate of drug-likeness (QED) is 0.553. The highest BCUT2D eigenvalue weighted by molar-refractivity contribution is 14.2. The Labute approximate surface area is 64.0 Å². The van der Waals surface area contributed by atoms with Crippen LogP contribution in [0, 0.1) is 5.92 Å². The summed E-state index contributed by atoms with van der Waals surface area (Å²) in [6.07, 6.45) is 1.74. The molecule has 0 spiro atoms. The van der Waals surface area contributed by atoms with Gasteiger partial charge in [-0.15, -0.1) is 20.7 Å². The van der Waals surface area contributed by atoms with Crippen molar-refractivity contribution >= 4 is 30.7 Å². The molecule has 1 aliphatic rings. The Morgan fingerprint density at radius 1 is 1.78 bits per heavy atom. The fourth-order valence-corrected chi connectivity index (χ4v) is 3.31. The average molecular weight is 240 g/mol. The number of aliphatic carboxylic acids is 1. The topological polar surface area (TPSA) is 37.3 Å². The van der Waals surface area contributed by atoms with Crippen molar-refractivity contribution in [3.63, 3.8) is 0 Å². The summed E-state index contributed by atoms with van der Waals surface area (Å²) in [5.74, 6) is -0.673. The molecule has 0 aromatic rings. The Morgan fingerprint density at radius 2 is 2.56 bits per heavy atom. The van der Waals surface area contributed by atoms with Gasteiger partial charge < -0.3 is 5.11 Å². The maximum atomic E-state index is 10.3. The molecule has 0 saturated heterocycles. The molecule has 1 rings (SSSR count). The highest BCUT2D eigenvalue weighted by Crippen LogP contribution is 2.18. The molecule has 0 saturated carbocycles. The van der Waals surface area contributed by atoms with Gasteiger partial charge in [0.25, 0.3) is 0 Å². The van der Waals surface area contributed by atoms with Gasteiger partial charge in [0.1, 0.15) is 0 Å². The maximum Gasteiger partial charge on any atom is 0.306 e. The Hall–Kier alpha value is 0.0700. The van der Waals surface area contributed by atoms with Crippen molar-refractivity contribution in [1.29, 1.82) is 0 Å². The standard InChI is InChI=1S/C6H9IO2/c8-6(9)5-1-3-7-4-2-5/h3,5H,1-2,4H2,(H,8,9). The van der Waals surface area contributed by atoms with Gasteiger partial charge in [-0.3, -0.25) is 4.79 Å². The number of carboxylic acid groups (broad SMARTS) is 1. The summed E-state index contributed by atoms with van der Waals surface area (Å²) in [6.45, 7) is 0. The second kappa shape index (κ2) is 3.29. The first-order chi connectivity index (χ1) is 4.30. The van der Waals surface area contributed by atoms with Crippen LogP contribution in [0.5, 0.6) is 0 Å². The van der Waals surface area contributed by atoms with E-state index in [2.05, 4.69) is 4.01 Å². The number of rotatable bonds is 1. The molecule has 0 bridgehead atoms. The van der Waals surface area contributed by atoms with Gasteiger partial charge in [0.2, 0.25) is 0 Å². The summed E-state index contributed by atoms with van der Waals surface area (Å²) >= 11 is 0.274. The van der Waals surface area contributed by atoms with Crippen molar-refractivity contribution in [3.05, 3.63) is 0 Å². The van der Waals surface area contributed by atoms with Gasteiger partial charge >= 0.3 is 5.97 Å². The van der Waals surface area contributed by atoms with Gasteiger partial charge in [-0.05, 0) is 17.3 Å². The van der Waals surface area contributed by atoms with E-state index in [0.717, 1.165) is 17.3 Å². The van der Waals surface area contributed by atoms with Crippen molar-refractivity contribution in [2.75, 3.05) is 4.43 Å². The van der Waals surface area contributed by atoms with Crippen LogP contribution < -0.4 is 0 Å². The summed E-state index contributed by atoms with van der Waals surface area (Å²) in [5.41, 5.74) is 0. The first-order valence-electron chi connectivity index (χ1n) is 2.93. The summed E-state index contributed by atoms with van der Waals surface area (Å²) in [4.78, 5) is 10.3. The second-order valence-electron chi connectivity index (χ2n) is 2.06. The minimum absolute atomic E-state index is 0.0570. The monoisotopic (exact) mass is 240 g/mol. The normalized spacial score (nSPS) is 26.9. The minimum Gasteiger partial charge on any atom is -0.481 e. The Morgan fingerprint density at radius 3 is 2.89 bits per heavy atom. The lowest BCUT2D eigenvalue weighted by Crippen LogP contribution is -2.16. The molecule has 0 fully saturated rings. The summed E-state index contributed by atoms with van der Waals surface area (Å²) in [7, 11) is 0. The van der Waals surface area contributed by atoms with Crippen molar-refractivity contribution < 1.29 is 9.90 Å². The smallest absolute Gasteiger partial charge is 0.306 e. The van der Waals surface area contributed by atoms with E-state index in [1.165, 1.54) is 0 Å². The van der Waals surface area contributed by atoms with Crippen LogP contribution >= 0.6 is 20.7 Å². The van der Waals surface area contributed by atoms with Gasteiger partial charge in [-0.2, -0.15) is 0 Å². The zero-order chi connectivity index (χ0) is 6.69. The third-order valence-corrected chi connectivity index (χ3v) is 3.78. The molecule has 1 unspecified atom stereocenters. The Bertz CT molecular complexity index is 142. The lowest BCUT2D eigenvalue weighted by atomic mass is 10.0. The molecule has 9 heavy (non-hydrogen) atoms. The van der Waals surface area contributed by atoms with E-state index in [1.807, 2.05) is 0 Å². The molecular weight excluding hydrogens is 231 g/mol. The zero-order valence-electron chi connectivity index (χ0n) is 5.01. The Balaban J connectivity index is 2.44. The van der Waals surface area contributed by atoms with Gasteiger partial charge in [-0.25, -0.2) is 0 Å². The first-order valence-corrected chi connectivity index (χ1v) is 5.70. The van der Waals surface area contributed by atoms with Gasteiger partial charge in [0.15, 0.2) is 0 Å². The second-order valence-corrected chi connectivity index (χ2v) is 4.90. The lowest BCUT2D eigenvalue weighted by molar-refractivity contribution is -0.141. The van der Waals surface area contributed by atoms with Crippen LogP contribution in [-0.4, -0.2) is 19.5 Å². The molecule has 3 heteroatoms.